The zero-order valence-corrected chi connectivity index (χ0v) is 66.0. The molecule has 19 N–H and O–H groups in total. The molecular weight excluding hydrogens is 1490 g/mol. The number of hydrogen-bond donors (Lipinski definition) is 19. The van der Waals surface area contributed by atoms with Gasteiger partial charge >= 0.3 is 0 Å². The van der Waals surface area contributed by atoms with Gasteiger partial charge in [-0.1, -0.05) is 33.6 Å². The average molecular weight is 1620 g/mol. The Bertz CT molecular complexity index is 2480. The normalized spacial score (nSPS) is 25.2. The fourth-order valence-corrected chi connectivity index (χ4v) is 12.2. The van der Waals surface area contributed by atoms with Crippen molar-refractivity contribution in [2.75, 3.05) is 132 Å². The predicted molar refractivity (Wildman–Crippen MR) is 396 cm³/mol. The fourth-order valence-electron chi connectivity index (χ4n) is 11.4. The van der Waals surface area contributed by atoms with Gasteiger partial charge in [0.1, 0.15) is 84.6 Å². The Morgan fingerprint density at radius 1 is 0.333 bits per heavy atom. The number of nitrogens with one attached hydrogen (secondary N) is 7. The van der Waals surface area contributed by atoms with Gasteiger partial charge in [0, 0.05) is 129 Å². The van der Waals surface area contributed by atoms with Crippen LogP contribution in [0.15, 0.2) is 0 Å². The molecule has 7 unspecified atom stereocenters. The molecule has 0 saturated carbocycles. The molecule has 111 heavy (non-hydrogen) atoms. The van der Waals surface area contributed by atoms with E-state index in [2.05, 4.69) is 37.2 Å². The molecule has 0 bridgehead atoms. The van der Waals surface area contributed by atoms with E-state index < -0.39 is 148 Å². The molecule has 3 aliphatic heterocycles. The van der Waals surface area contributed by atoms with Crippen molar-refractivity contribution in [3.8, 4) is 0 Å². The number of unbranched alkanes of at least 4 members (excludes halogenated alkanes) is 7. The van der Waals surface area contributed by atoms with E-state index in [0.29, 0.717) is 90.2 Å². The van der Waals surface area contributed by atoms with E-state index in [9.17, 15) is 104 Å². The van der Waals surface area contributed by atoms with E-state index in [-0.39, 0.29) is 186 Å². The summed E-state index contributed by atoms with van der Waals surface area (Å²) in [6.07, 6.45) is -13.4. The van der Waals surface area contributed by atoms with Gasteiger partial charge in [0.2, 0.25) is 48.7 Å². The molecular formula is C72H132N7O31P. The van der Waals surface area contributed by atoms with E-state index in [1.807, 2.05) is 20.8 Å². The fraction of sp³-hybridized carbons (Fsp3) is 0.889. The topological polar surface area (TPSA) is 573 Å². The number of aliphatic hydroxyl groups excluding tert-OH is 12. The average Bonchev–Trinajstić information content (AvgIpc) is 0.833. The lowest BCUT2D eigenvalue weighted by Crippen LogP contribution is -2.59. The molecule has 0 spiro atoms. The Hall–Kier alpha value is -4.69. The molecule has 38 nitrogen and oxygen atoms in total. The lowest BCUT2D eigenvalue weighted by molar-refractivity contribution is -0.301. The van der Waals surface area contributed by atoms with Crippen LogP contribution in [0.1, 0.15) is 175 Å². The summed E-state index contributed by atoms with van der Waals surface area (Å²) in [6, 6.07) is 0. The molecule has 0 aliphatic carbocycles. The summed E-state index contributed by atoms with van der Waals surface area (Å²) >= 11 is 0. The van der Waals surface area contributed by atoms with E-state index >= 15 is 0 Å². The quantitative estimate of drug-likeness (QED) is 0.0209. The van der Waals surface area contributed by atoms with Gasteiger partial charge in [0.25, 0.3) is 0 Å². The predicted octanol–water partition coefficient (Wildman–Crippen LogP) is -3.31. The van der Waals surface area contributed by atoms with Gasteiger partial charge in [-0.25, -0.2) is 0 Å². The van der Waals surface area contributed by atoms with Crippen molar-refractivity contribution in [1.29, 1.82) is 0 Å². The van der Waals surface area contributed by atoms with Crippen LogP contribution < -0.4 is 37.2 Å². The van der Waals surface area contributed by atoms with Gasteiger partial charge in [-0.15, -0.1) is 0 Å². The zero-order chi connectivity index (χ0) is 82.2. The third-order valence-electron chi connectivity index (χ3n) is 18.8. The van der Waals surface area contributed by atoms with Crippen LogP contribution in [-0.2, 0) is 90.1 Å². The van der Waals surface area contributed by atoms with Crippen LogP contribution in [-0.4, -0.2) is 343 Å². The van der Waals surface area contributed by atoms with Gasteiger partial charge < -0.3 is 146 Å². The Balaban J connectivity index is 1.56. The van der Waals surface area contributed by atoms with Gasteiger partial charge in [-0.3, -0.25) is 42.9 Å². The highest BCUT2D eigenvalue weighted by molar-refractivity contribution is 7.59. The van der Waals surface area contributed by atoms with Crippen molar-refractivity contribution in [2.24, 2.45) is 0 Å². The van der Waals surface area contributed by atoms with Crippen LogP contribution in [0, 0.1) is 0 Å². The molecule has 3 rings (SSSR count). The van der Waals surface area contributed by atoms with Crippen LogP contribution in [0.5, 0.6) is 0 Å². The molecule has 7 amide bonds. The smallest absolute Gasteiger partial charge is 0.222 e. The first-order valence-electron chi connectivity index (χ1n) is 39.0. The molecule has 0 aromatic rings. The molecule has 0 aromatic heterocycles. The largest absolute Gasteiger partial charge is 0.394 e. The summed E-state index contributed by atoms with van der Waals surface area (Å²) in [6.45, 7) is 6.22. The summed E-state index contributed by atoms with van der Waals surface area (Å²) in [4.78, 5) is 104. The summed E-state index contributed by atoms with van der Waals surface area (Å²) in [5, 5.41) is 138. The number of amides is 7. The van der Waals surface area contributed by atoms with Crippen LogP contribution in [0.25, 0.3) is 0 Å². The lowest BCUT2D eigenvalue weighted by Gasteiger charge is -2.39. The number of Topliss-reactive ketones (excluding diaryl/α,β-unsaturated/α-hetero) is 1. The second-order valence-electron chi connectivity index (χ2n) is 29.2. The van der Waals surface area contributed by atoms with Crippen LogP contribution in [0.2, 0.25) is 0 Å². The van der Waals surface area contributed by atoms with Gasteiger partial charge in [0.15, 0.2) is 18.9 Å². The maximum absolute atomic E-state index is 13.9. The minimum absolute atomic E-state index is 0.00961. The maximum Gasteiger partial charge on any atom is 0.222 e. The van der Waals surface area contributed by atoms with Crippen LogP contribution in [0.3, 0.4) is 0 Å². The minimum Gasteiger partial charge on any atom is -0.394 e. The van der Waals surface area contributed by atoms with Gasteiger partial charge in [-0.2, -0.15) is 0 Å². The van der Waals surface area contributed by atoms with Crippen LogP contribution >= 0.6 is 7.37 Å². The number of aliphatic hydroxyl groups is 12. The van der Waals surface area contributed by atoms with Crippen molar-refractivity contribution in [1.82, 2.24) is 37.2 Å². The molecule has 16 atom stereocenters. The number of carbonyl (C=O) groups is 8. The highest BCUT2D eigenvalue weighted by Crippen LogP contribution is 2.55. The van der Waals surface area contributed by atoms with Crippen molar-refractivity contribution in [2.45, 2.75) is 278 Å². The van der Waals surface area contributed by atoms with Crippen molar-refractivity contribution < 1.29 is 151 Å². The second-order valence-corrected chi connectivity index (χ2v) is 32.5. The van der Waals surface area contributed by atoms with Gasteiger partial charge in [0.05, 0.1) is 66.1 Å². The van der Waals surface area contributed by atoms with Crippen LogP contribution in [0.4, 0.5) is 0 Å². The monoisotopic (exact) mass is 1620 g/mol. The Kier molecular flexibility index (Phi) is 51.2. The molecule has 0 aromatic carbocycles. The first-order chi connectivity index (χ1) is 52.9. The Morgan fingerprint density at radius 2 is 0.622 bits per heavy atom. The number of ether oxygens (including phenoxy) is 9. The van der Waals surface area contributed by atoms with Crippen molar-refractivity contribution in [3.63, 3.8) is 0 Å². The second kappa shape index (κ2) is 56.6. The highest BCUT2D eigenvalue weighted by atomic mass is 31.2. The molecule has 3 saturated heterocycles. The van der Waals surface area contributed by atoms with E-state index in [0.717, 1.165) is 12.8 Å². The third kappa shape index (κ3) is 41.1. The first kappa shape index (κ1) is 101. The SMILES string of the molecule is CC(C)(C)P(C)(=O)OCCCCCCNC(=O)CCCC(=O)NC(COCCC(=O)NCCCCC(=O)CCCCO[C@@H]1OC(CO)[C@@H](O)[C@H](O)C1O)(COCCC(=O)NCCCNC(=O)CCCCO[C@@H]1OC(CO)[C@@H](O)[C@H](O)C1O)COCCC(=O)NCCCNC(=O)CCCCO[C@@H]1OC(CO)[C@@H](O)[C@H](O)C1O. The van der Waals surface area contributed by atoms with E-state index in [1.54, 1.807) is 6.66 Å². The highest BCUT2D eigenvalue weighted by Gasteiger charge is 2.47. The van der Waals surface area contributed by atoms with E-state index in [1.165, 1.54) is 0 Å². The number of ketones is 1. The standard InChI is InChI=1S/C72H132N7O31P/c1-71(2,3)111(4,100)107-38-13-6-5-11-29-73-54(86)24-17-25-58(90)79-72(45-101-39-26-55(87)74-30-12-7-20-48(83)21-8-14-35-104-68-65(97)62(94)59(91)49(42-80)108-68,46-102-40-27-56(88)77-33-18-31-75-52(84)22-9-15-36-105-69-66(98)63(95)60(92)50(43-81)109-69)47-103-41-28-57(89)78-34-19-32-76-53(85)23-10-16-37-106-70-67(99)64(96)61(93)51(44-82)110-70/h49-51,59-70,80-82,91-99H,5-47H2,1-4H3,(H,73,86)(H,74,87)(H,75,84)(H,76,85)(H,77,88)(H,78,89)(H,79,90)/t49?,50?,51?,59-,60-,61-,62+,63+,64+,65?,66?,67?,68-,69-,70-,72?,111?/m1/s1. The number of rotatable bonds is 62. The third-order valence-corrected chi connectivity index (χ3v) is 21.9. The molecule has 3 heterocycles. The molecule has 3 fully saturated rings. The molecule has 0 radical (unpaired) electrons. The molecule has 39 heteroatoms. The maximum atomic E-state index is 13.9. The zero-order valence-electron chi connectivity index (χ0n) is 65.1. The molecule has 3 aliphatic rings. The lowest BCUT2D eigenvalue weighted by atomic mass is 9.99. The first-order valence-corrected chi connectivity index (χ1v) is 41.1. The number of hydrogen-bond acceptors (Lipinski definition) is 31. The Labute approximate surface area is 650 Å². The van der Waals surface area contributed by atoms with Gasteiger partial charge in [-0.05, 0) is 83.5 Å². The van der Waals surface area contributed by atoms with Crippen molar-refractivity contribution in [3.05, 3.63) is 0 Å². The van der Waals surface area contributed by atoms with Crippen molar-refractivity contribution >= 4 is 54.5 Å². The summed E-state index contributed by atoms with van der Waals surface area (Å²) in [5.41, 5.74) is -1.50. The summed E-state index contributed by atoms with van der Waals surface area (Å²) in [7, 11) is -2.78. The summed E-state index contributed by atoms with van der Waals surface area (Å²) < 4.78 is 69.1. The number of carbonyl (C=O) groups excluding carboxylic acids is 8. The van der Waals surface area contributed by atoms with E-state index in [4.69, 9.17) is 47.2 Å². The molecule has 646 valence electrons. The summed E-state index contributed by atoms with van der Waals surface area (Å²) in [5.74, 6) is -2.46. The Morgan fingerprint density at radius 3 is 0.973 bits per heavy atom. The minimum atomic E-state index is -2.78.